The lowest BCUT2D eigenvalue weighted by Gasteiger charge is -2.41. The molecular weight excluding hydrogens is 427 g/mol. The van der Waals surface area contributed by atoms with Crippen LogP contribution in [0.4, 0.5) is 24.5 Å². The first-order chi connectivity index (χ1) is 15.8. The van der Waals surface area contributed by atoms with Crippen molar-refractivity contribution >= 4 is 11.4 Å². The van der Waals surface area contributed by atoms with Crippen LogP contribution in [0.5, 0.6) is 5.75 Å². The normalized spacial score (nSPS) is 19.4. The molecule has 1 fully saturated rings. The van der Waals surface area contributed by atoms with Crippen LogP contribution in [0.25, 0.3) is 0 Å². The van der Waals surface area contributed by atoms with E-state index in [2.05, 4.69) is 23.3 Å². The first-order valence-corrected chi connectivity index (χ1v) is 11.7. The number of likely N-dealkylation sites (tertiary alicyclic amines) is 1. The van der Waals surface area contributed by atoms with Crippen LogP contribution in [0.1, 0.15) is 38.2 Å². The molecular formula is C26H32F3N3O. The third kappa shape index (κ3) is 5.46. The van der Waals surface area contributed by atoms with E-state index in [9.17, 15) is 13.2 Å². The van der Waals surface area contributed by atoms with Crippen molar-refractivity contribution in [2.75, 3.05) is 36.9 Å². The number of halogens is 3. The van der Waals surface area contributed by atoms with Crippen LogP contribution in [0.2, 0.25) is 0 Å². The van der Waals surface area contributed by atoms with Crippen LogP contribution in [0.15, 0.2) is 42.6 Å². The summed E-state index contributed by atoms with van der Waals surface area (Å²) >= 11 is 0. The van der Waals surface area contributed by atoms with Crippen molar-refractivity contribution in [2.24, 2.45) is 5.92 Å². The maximum atomic E-state index is 13.8. The van der Waals surface area contributed by atoms with Gasteiger partial charge in [0.1, 0.15) is 11.6 Å². The zero-order valence-electron chi connectivity index (χ0n) is 19.1. The summed E-state index contributed by atoms with van der Waals surface area (Å²) < 4.78 is 45.8. The van der Waals surface area contributed by atoms with Gasteiger partial charge in [0.2, 0.25) is 0 Å². The first-order valence-electron chi connectivity index (χ1n) is 11.7. The number of rotatable bonds is 7. The van der Waals surface area contributed by atoms with E-state index in [1.165, 1.54) is 12.1 Å². The summed E-state index contributed by atoms with van der Waals surface area (Å²) in [4.78, 5) is 4.59. The highest BCUT2D eigenvalue weighted by atomic mass is 19.2. The topological polar surface area (TPSA) is 41.7 Å². The van der Waals surface area contributed by atoms with Crippen molar-refractivity contribution in [3.63, 3.8) is 0 Å². The highest BCUT2D eigenvalue weighted by molar-refractivity contribution is 5.75. The van der Waals surface area contributed by atoms with E-state index in [1.807, 2.05) is 0 Å². The Labute approximate surface area is 193 Å². The average Bonchev–Trinajstić information content (AvgIpc) is 2.77. The Balaban J connectivity index is 1.27. The number of nitrogen functional groups attached to an aromatic ring is 1. The van der Waals surface area contributed by atoms with Crippen LogP contribution < -0.4 is 15.4 Å². The number of benzene rings is 2. The Kier molecular flexibility index (Phi) is 7.17. The summed E-state index contributed by atoms with van der Waals surface area (Å²) in [7, 11) is 0. The standard InChI is InChI=1S/C26H32F3N3O/c1-17-3-4-20-13-21(27)14-25(30)26(20)32(17)18(2)16-31-10-7-19(8-11-31)9-12-33-22-5-6-23(28)24(29)15-22/h5-6,13-15,17,19H,2-4,7-12,16,30H2,1H3. The van der Waals surface area contributed by atoms with Crippen molar-refractivity contribution in [1.82, 2.24) is 4.90 Å². The molecule has 0 radical (unpaired) electrons. The molecule has 4 rings (SSSR count). The van der Waals surface area contributed by atoms with E-state index in [0.29, 0.717) is 24.0 Å². The van der Waals surface area contributed by atoms with Gasteiger partial charge in [0.25, 0.3) is 0 Å². The van der Waals surface area contributed by atoms with Gasteiger partial charge in [-0.1, -0.05) is 6.58 Å². The molecule has 7 heteroatoms. The number of hydrogen-bond donors (Lipinski definition) is 1. The van der Waals surface area contributed by atoms with Crippen molar-refractivity contribution in [1.29, 1.82) is 0 Å². The Morgan fingerprint density at radius 2 is 1.85 bits per heavy atom. The predicted molar refractivity (Wildman–Crippen MR) is 126 cm³/mol. The van der Waals surface area contributed by atoms with Gasteiger partial charge < -0.3 is 15.4 Å². The summed E-state index contributed by atoms with van der Waals surface area (Å²) in [5.41, 5.74) is 9.52. The second-order valence-corrected chi connectivity index (χ2v) is 9.26. The maximum Gasteiger partial charge on any atom is 0.162 e. The highest BCUT2D eigenvalue weighted by Crippen LogP contribution is 2.38. The third-order valence-corrected chi connectivity index (χ3v) is 6.84. The molecule has 1 saturated heterocycles. The second-order valence-electron chi connectivity index (χ2n) is 9.26. The van der Waals surface area contributed by atoms with Gasteiger partial charge in [-0.2, -0.15) is 0 Å². The van der Waals surface area contributed by atoms with Gasteiger partial charge in [0.05, 0.1) is 18.0 Å². The predicted octanol–water partition coefficient (Wildman–Crippen LogP) is 5.52. The fraction of sp³-hybridized carbons (Fsp3) is 0.462. The van der Waals surface area contributed by atoms with Gasteiger partial charge in [-0.05, 0) is 87.9 Å². The SMILES string of the molecule is C=C(CN1CCC(CCOc2ccc(F)c(F)c2)CC1)N1c2c(N)cc(F)cc2CCC1C. The minimum atomic E-state index is -0.890. The van der Waals surface area contributed by atoms with Crippen LogP contribution in [0, 0.1) is 23.4 Å². The highest BCUT2D eigenvalue weighted by Gasteiger charge is 2.29. The van der Waals surface area contributed by atoms with E-state index in [-0.39, 0.29) is 11.9 Å². The molecule has 33 heavy (non-hydrogen) atoms. The molecule has 178 valence electrons. The van der Waals surface area contributed by atoms with E-state index < -0.39 is 11.6 Å². The number of nitrogens with zero attached hydrogens (tertiary/aromatic N) is 2. The summed E-state index contributed by atoms with van der Waals surface area (Å²) in [6, 6.07) is 6.87. The molecule has 1 unspecified atom stereocenters. The summed E-state index contributed by atoms with van der Waals surface area (Å²) in [6.07, 6.45) is 4.74. The average molecular weight is 460 g/mol. The fourth-order valence-electron chi connectivity index (χ4n) is 5.02. The van der Waals surface area contributed by atoms with Gasteiger partial charge >= 0.3 is 0 Å². The number of ether oxygens (including phenoxy) is 1. The molecule has 0 bridgehead atoms. The van der Waals surface area contributed by atoms with E-state index in [0.717, 1.165) is 80.8 Å². The molecule has 0 spiro atoms. The molecule has 2 heterocycles. The molecule has 1 atom stereocenters. The largest absolute Gasteiger partial charge is 0.493 e. The van der Waals surface area contributed by atoms with Crippen LogP contribution >= 0.6 is 0 Å². The molecule has 2 aliphatic rings. The number of anilines is 2. The van der Waals surface area contributed by atoms with Gasteiger partial charge in [-0.25, -0.2) is 13.2 Å². The third-order valence-electron chi connectivity index (χ3n) is 6.84. The minimum Gasteiger partial charge on any atom is -0.493 e. The molecule has 4 nitrogen and oxygen atoms in total. The van der Waals surface area contributed by atoms with Gasteiger partial charge in [0, 0.05) is 24.4 Å². The molecule has 0 amide bonds. The zero-order valence-corrected chi connectivity index (χ0v) is 19.1. The van der Waals surface area contributed by atoms with Gasteiger partial charge in [-0.3, -0.25) is 4.90 Å². The Hall–Kier alpha value is -2.67. The monoisotopic (exact) mass is 459 g/mol. The first kappa shape index (κ1) is 23.5. The van der Waals surface area contributed by atoms with Crippen molar-refractivity contribution in [3.05, 3.63) is 65.6 Å². The van der Waals surface area contributed by atoms with E-state index in [1.54, 1.807) is 6.07 Å². The Morgan fingerprint density at radius 3 is 2.58 bits per heavy atom. The lowest BCUT2D eigenvalue weighted by molar-refractivity contribution is 0.171. The number of nitrogens with two attached hydrogens (primary N) is 1. The van der Waals surface area contributed by atoms with Crippen molar-refractivity contribution in [2.45, 2.75) is 45.1 Å². The summed E-state index contributed by atoms with van der Waals surface area (Å²) in [5.74, 6) is -1.15. The molecule has 0 aliphatic carbocycles. The maximum absolute atomic E-state index is 13.8. The molecule has 2 aromatic carbocycles. The van der Waals surface area contributed by atoms with Gasteiger partial charge in [0.15, 0.2) is 11.6 Å². The van der Waals surface area contributed by atoms with Crippen LogP contribution in [0.3, 0.4) is 0 Å². The number of hydrogen-bond acceptors (Lipinski definition) is 4. The minimum absolute atomic E-state index is 0.267. The summed E-state index contributed by atoms with van der Waals surface area (Å²) in [6.45, 7) is 9.68. The quantitative estimate of drug-likeness (QED) is 0.554. The zero-order chi connectivity index (χ0) is 23.5. The van der Waals surface area contributed by atoms with Crippen LogP contribution in [-0.2, 0) is 6.42 Å². The number of fused-ring (bicyclic) bond motifs is 1. The van der Waals surface area contributed by atoms with Crippen molar-refractivity contribution in [3.8, 4) is 5.75 Å². The molecule has 2 aliphatic heterocycles. The molecule has 2 aromatic rings. The number of aryl methyl sites for hydroxylation is 1. The lowest BCUT2D eigenvalue weighted by atomic mass is 9.93. The molecule has 0 saturated carbocycles. The lowest BCUT2D eigenvalue weighted by Crippen LogP contribution is -2.43. The Morgan fingerprint density at radius 1 is 1.09 bits per heavy atom. The molecule has 2 N–H and O–H groups in total. The smallest absolute Gasteiger partial charge is 0.162 e. The molecule has 0 aromatic heterocycles. The second kappa shape index (κ2) is 10.1. The number of piperidine rings is 1. The van der Waals surface area contributed by atoms with Crippen molar-refractivity contribution < 1.29 is 17.9 Å². The van der Waals surface area contributed by atoms with Crippen LogP contribution in [-0.4, -0.2) is 37.2 Å². The van der Waals surface area contributed by atoms with Gasteiger partial charge in [-0.15, -0.1) is 0 Å². The van der Waals surface area contributed by atoms with E-state index in [4.69, 9.17) is 10.5 Å². The fourth-order valence-corrected chi connectivity index (χ4v) is 5.02. The Bertz CT molecular complexity index is 1000. The summed E-state index contributed by atoms with van der Waals surface area (Å²) in [5, 5.41) is 0. The van der Waals surface area contributed by atoms with E-state index >= 15 is 0 Å².